The number of carbonyl (C=O) groups is 1. The number of benzene rings is 1. The number of hydrogen-bond acceptors (Lipinski definition) is 4. The van der Waals surface area contributed by atoms with Crippen molar-refractivity contribution in [3.8, 4) is 11.4 Å². The van der Waals surface area contributed by atoms with Crippen LogP contribution in [0.4, 0.5) is 0 Å². The number of aromatic nitrogens is 3. The summed E-state index contributed by atoms with van der Waals surface area (Å²) in [5.41, 5.74) is 2.45. The molecule has 0 saturated heterocycles. The zero-order chi connectivity index (χ0) is 17.6. The normalized spacial score (nSPS) is 10.8. The molecule has 0 amide bonds. The van der Waals surface area contributed by atoms with E-state index in [1.807, 2.05) is 35.0 Å². The average Bonchev–Trinajstić information content (AvgIpc) is 3.09. The Kier molecular flexibility index (Phi) is 5.42. The van der Waals surface area contributed by atoms with E-state index in [1.54, 1.807) is 6.33 Å². The molecule has 0 fully saturated rings. The molecule has 2 heterocycles. The standard InChI is InChI=1S/C18H17ClN4O2/c19-15-4-2-1-3-14(15)10-20-7-8-23-11-17(22-12-23)16-9-13(18(24)25)5-6-21-16/h1-6,9,11-12,20H,7-8,10H2,(H,24,25). The van der Waals surface area contributed by atoms with E-state index in [0.717, 1.165) is 23.7 Å². The molecule has 0 aliphatic rings. The number of aromatic carboxylic acids is 1. The van der Waals surface area contributed by atoms with Gasteiger partial charge >= 0.3 is 5.97 Å². The fourth-order valence-electron chi connectivity index (χ4n) is 2.39. The van der Waals surface area contributed by atoms with Gasteiger partial charge in [-0.3, -0.25) is 4.98 Å². The molecule has 0 aliphatic carbocycles. The molecule has 0 spiro atoms. The topological polar surface area (TPSA) is 80.0 Å². The van der Waals surface area contributed by atoms with Crippen molar-refractivity contribution in [1.29, 1.82) is 0 Å². The summed E-state index contributed by atoms with van der Waals surface area (Å²) in [5, 5.41) is 13.1. The van der Waals surface area contributed by atoms with Crippen molar-refractivity contribution in [1.82, 2.24) is 19.9 Å². The lowest BCUT2D eigenvalue weighted by Crippen LogP contribution is -2.19. The molecule has 0 atom stereocenters. The molecule has 0 radical (unpaired) electrons. The number of imidazole rings is 1. The van der Waals surface area contributed by atoms with Crippen LogP contribution in [0.1, 0.15) is 15.9 Å². The second-order valence-corrected chi connectivity index (χ2v) is 5.91. The zero-order valence-corrected chi connectivity index (χ0v) is 14.1. The molecule has 0 aliphatic heterocycles. The molecule has 128 valence electrons. The molecule has 2 aromatic heterocycles. The van der Waals surface area contributed by atoms with Crippen LogP contribution in [0, 0.1) is 0 Å². The fourth-order valence-corrected chi connectivity index (χ4v) is 2.59. The largest absolute Gasteiger partial charge is 0.478 e. The predicted octanol–water partition coefficient (Wildman–Crippen LogP) is 3.09. The second-order valence-electron chi connectivity index (χ2n) is 5.50. The van der Waals surface area contributed by atoms with Gasteiger partial charge in [0.2, 0.25) is 0 Å². The van der Waals surface area contributed by atoms with Crippen LogP contribution >= 0.6 is 11.6 Å². The lowest BCUT2D eigenvalue weighted by molar-refractivity contribution is 0.0697. The Morgan fingerprint density at radius 2 is 2.04 bits per heavy atom. The van der Waals surface area contributed by atoms with E-state index in [-0.39, 0.29) is 5.56 Å². The van der Waals surface area contributed by atoms with E-state index in [4.69, 9.17) is 16.7 Å². The summed E-state index contributed by atoms with van der Waals surface area (Å²) in [5.74, 6) is -0.980. The lowest BCUT2D eigenvalue weighted by atomic mass is 10.2. The molecule has 0 bridgehead atoms. The van der Waals surface area contributed by atoms with Gasteiger partial charge in [0.25, 0.3) is 0 Å². The first-order chi connectivity index (χ1) is 12.1. The van der Waals surface area contributed by atoms with Crippen LogP contribution in [0.3, 0.4) is 0 Å². The second kappa shape index (κ2) is 7.92. The summed E-state index contributed by atoms with van der Waals surface area (Å²) in [6, 6.07) is 10.7. The van der Waals surface area contributed by atoms with Crippen LogP contribution in [0.5, 0.6) is 0 Å². The molecule has 3 aromatic rings. The third-order valence-electron chi connectivity index (χ3n) is 3.72. The van der Waals surface area contributed by atoms with Crippen molar-refractivity contribution in [3.05, 3.63) is 71.3 Å². The van der Waals surface area contributed by atoms with E-state index < -0.39 is 5.97 Å². The van der Waals surface area contributed by atoms with Crippen molar-refractivity contribution in [2.45, 2.75) is 13.1 Å². The number of carboxylic acids is 1. The van der Waals surface area contributed by atoms with Gasteiger partial charge in [0, 0.05) is 37.1 Å². The SMILES string of the molecule is O=C(O)c1ccnc(-c2cn(CCNCc3ccccc3Cl)cn2)c1. The van der Waals surface area contributed by atoms with Crippen LogP contribution in [-0.4, -0.2) is 32.2 Å². The summed E-state index contributed by atoms with van der Waals surface area (Å²) >= 11 is 6.12. The highest BCUT2D eigenvalue weighted by Crippen LogP contribution is 2.16. The van der Waals surface area contributed by atoms with Crippen molar-refractivity contribution < 1.29 is 9.90 Å². The van der Waals surface area contributed by atoms with Gasteiger partial charge in [0.05, 0.1) is 17.6 Å². The van der Waals surface area contributed by atoms with Crippen LogP contribution in [-0.2, 0) is 13.1 Å². The number of nitrogens with one attached hydrogen (secondary N) is 1. The highest BCUT2D eigenvalue weighted by atomic mass is 35.5. The molecular weight excluding hydrogens is 340 g/mol. The number of pyridine rings is 1. The number of nitrogens with zero attached hydrogens (tertiary/aromatic N) is 3. The first-order valence-corrected chi connectivity index (χ1v) is 8.17. The van der Waals surface area contributed by atoms with E-state index in [0.29, 0.717) is 17.9 Å². The molecule has 3 rings (SSSR count). The van der Waals surface area contributed by atoms with Gasteiger partial charge in [-0.1, -0.05) is 29.8 Å². The highest BCUT2D eigenvalue weighted by molar-refractivity contribution is 6.31. The molecule has 25 heavy (non-hydrogen) atoms. The van der Waals surface area contributed by atoms with Crippen LogP contribution < -0.4 is 5.32 Å². The van der Waals surface area contributed by atoms with Gasteiger partial charge in [0.15, 0.2) is 0 Å². The summed E-state index contributed by atoms with van der Waals surface area (Å²) in [6.45, 7) is 2.18. The van der Waals surface area contributed by atoms with Gasteiger partial charge in [-0.25, -0.2) is 9.78 Å². The van der Waals surface area contributed by atoms with Crippen LogP contribution in [0.2, 0.25) is 5.02 Å². The van der Waals surface area contributed by atoms with Gasteiger partial charge in [-0.05, 0) is 23.8 Å². The summed E-state index contributed by atoms with van der Waals surface area (Å²) in [4.78, 5) is 19.5. The third kappa shape index (κ3) is 4.43. The molecule has 6 nitrogen and oxygen atoms in total. The monoisotopic (exact) mass is 356 g/mol. The number of carboxylic acid groups (broad SMARTS) is 1. The van der Waals surface area contributed by atoms with Gasteiger partial charge < -0.3 is 15.0 Å². The molecule has 1 aromatic carbocycles. The van der Waals surface area contributed by atoms with E-state index >= 15 is 0 Å². The highest BCUT2D eigenvalue weighted by Gasteiger charge is 2.08. The Hall–Kier alpha value is -2.70. The third-order valence-corrected chi connectivity index (χ3v) is 4.09. The van der Waals surface area contributed by atoms with Gasteiger partial charge in [0.1, 0.15) is 5.69 Å². The Bertz CT molecular complexity index is 879. The Morgan fingerprint density at radius 3 is 2.84 bits per heavy atom. The van der Waals surface area contributed by atoms with Crippen molar-refractivity contribution >= 4 is 17.6 Å². The van der Waals surface area contributed by atoms with Crippen LogP contribution in [0.15, 0.2) is 55.1 Å². The quantitative estimate of drug-likeness (QED) is 0.636. The molecular formula is C18H17ClN4O2. The first-order valence-electron chi connectivity index (χ1n) is 7.79. The average molecular weight is 357 g/mol. The Balaban J connectivity index is 1.56. The fraction of sp³-hybridized carbons (Fsp3) is 0.167. The van der Waals surface area contributed by atoms with Crippen molar-refractivity contribution in [3.63, 3.8) is 0 Å². The van der Waals surface area contributed by atoms with Gasteiger partial charge in [-0.2, -0.15) is 0 Å². The smallest absolute Gasteiger partial charge is 0.335 e. The minimum Gasteiger partial charge on any atom is -0.478 e. The molecule has 7 heteroatoms. The Labute approximate surface area is 150 Å². The number of halogens is 1. The van der Waals surface area contributed by atoms with Crippen LogP contribution in [0.25, 0.3) is 11.4 Å². The predicted molar refractivity (Wildman–Crippen MR) is 95.6 cm³/mol. The molecule has 0 unspecified atom stereocenters. The minimum atomic E-state index is -0.980. The molecule has 2 N–H and O–H groups in total. The first kappa shape index (κ1) is 17.1. The maximum Gasteiger partial charge on any atom is 0.335 e. The number of rotatable bonds is 7. The summed E-state index contributed by atoms with van der Waals surface area (Å²) in [6.07, 6.45) is 5.04. The number of hydrogen-bond donors (Lipinski definition) is 2. The van der Waals surface area contributed by atoms with E-state index in [2.05, 4.69) is 15.3 Å². The molecule has 0 saturated carbocycles. The van der Waals surface area contributed by atoms with Gasteiger partial charge in [-0.15, -0.1) is 0 Å². The maximum absolute atomic E-state index is 11.0. The Morgan fingerprint density at radius 1 is 1.20 bits per heavy atom. The zero-order valence-electron chi connectivity index (χ0n) is 13.4. The lowest BCUT2D eigenvalue weighted by Gasteiger charge is -2.07. The maximum atomic E-state index is 11.0. The summed E-state index contributed by atoms with van der Waals surface area (Å²) in [7, 11) is 0. The van der Waals surface area contributed by atoms with E-state index in [9.17, 15) is 4.79 Å². The van der Waals surface area contributed by atoms with Crippen molar-refractivity contribution in [2.24, 2.45) is 0 Å². The minimum absolute atomic E-state index is 0.195. The van der Waals surface area contributed by atoms with E-state index in [1.165, 1.54) is 18.3 Å². The van der Waals surface area contributed by atoms with Crippen molar-refractivity contribution in [2.75, 3.05) is 6.54 Å². The summed E-state index contributed by atoms with van der Waals surface area (Å²) < 4.78 is 1.93.